The molecule has 0 aromatic heterocycles. The molecule has 4 bridgehead atoms. The van der Waals surface area contributed by atoms with E-state index in [9.17, 15) is 18.0 Å². The molecule has 4 fully saturated rings. The number of benzene rings is 2. The molecule has 2 aromatic carbocycles. The van der Waals surface area contributed by atoms with Crippen LogP contribution in [0.5, 0.6) is 0 Å². The van der Waals surface area contributed by atoms with Crippen molar-refractivity contribution in [2.24, 2.45) is 17.8 Å². The highest BCUT2D eigenvalue weighted by atomic mass is 32.2. The van der Waals surface area contributed by atoms with Crippen LogP contribution in [0.15, 0.2) is 48.5 Å². The van der Waals surface area contributed by atoms with Crippen molar-refractivity contribution < 1.29 is 18.0 Å². The second kappa shape index (κ2) is 12.0. The van der Waals surface area contributed by atoms with E-state index in [1.165, 1.54) is 53.3 Å². The van der Waals surface area contributed by atoms with E-state index in [0.717, 1.165) is 41.6 Å². The van der Waals surface area contributed by atoms with Gasteiger partial charge in [-0.25, -0.2) is 8.42 Å². The monoisotopic (exact) mass is 593 g/mol. The molecule has 0 radical (unpaired) electrons. The van der Waals surface area contributed by atoms with Gasteiger partial charge in [-0.1, -0.05) is 48.9 Å². The first-order valence-electron chi connectivity index (χ1n) is 15.6. The molecule has 0 heterocycles. The molecule has 2 atom stereocenters. The van der Waals surface area contributed by atoms with Crippen LogP contribution in [0.25, 0.3) is 0 Å². The van der Waals surface area contributed by atoms with Crippen molar-refractivity contribution in [1.82, 2.24) is 10.2 Å². The average molecular weight is 594 g/mol. The number of aryl methyl sites for hydroxylation is 1. The van der Waals surface area contributed by atoms with Gasteiger partial charge in [0.2, 0.25) is 21.8 Å². The van der Waals surface area contributed by atoms with E-state index < -0.39 is 22.0 Å². The molecule has 6 rings (SSSR count). The molecule has 8 heteroatoms. The lowest BCUT2D eigenvalue weighted by Gasteiger charge is -2.57. The number of nitrogens with zero attached hydrogens (tertiary/aromatic N) is 2. The molecule has 1 N–H and O–H groups in total. The SMILES string of the molecule is CC[C@@H](C)NC(=O)[C@H](C)N(Cc1cccc(C)c1)C(=O)CN(c1ccc(C23CC4CC(CC(C4)C2)C3)cc1)S(C)(=O)=O. The average Bonchev–Trinajstić information content (AvgIpc) is 2.93. The minimum absolute atomic E-state index is 0.0316. The molecule has 4 saturated carbocycles. The lowest BCUT2D eigenvalue weighted by molar-refractivity contribution is -0.139. The Morgan fingerprint density at radius 1 is 0.976 bits per heavy atom. The highest BCUT2D eigenvalue weighted by Gasteiger charge is 2.51. The van der Waals surface area contributed by atoms with Crippen LogP contribution in [0, 0.1) is 24.7 Å². The minimum Gasteiger partial charge on any atom is -0.352 e. The number of amides is 2. The largest absolute Gasteiger partial charge is 0.352 e. The van der Waals surface area contributed by atoms with E-state index in [1.54, 1.807) is 6.92 Å². The fourth-order valence-electron chi connectivity index (χ4n) is 8.11. The van der Waals surface area contributed by atoms with Crippen LogP contribution < -0.4 is 9.62 Å². The Labute approximate surface area is 252 Å². The summed E-state index contributed by atoms with van der Waals surface area (Å²) in [5, 5.41) is 2.97. The summed E-state index contributed by atoms with van der Waals surface area (Å²) in [7, 11) is -3.77. The number of carbonyl (C=O) groups excluding carboxylic acids is 2. The molecule has 4 aliphatic rings. The molecular weight excluding hydrogens is 546 g/mol. The van der Waals surface area contributed by atoms with Crippen molar-refractivity contribution in [1.29, 1.82) is 0 Å². The van der Waals surface area contributed by atoms with Crippen LogP contribution in [-0.4, -0.2) is 50.0 Å². The summed E-state index contributed by atoms with van der Waals surface area (Å²) in [6.45, 7) is 7.43. The summed E-state index contributed by atoms with van der Waals surface area (Å²) in [4.78, 5) is 28.5. The van der Waals surface area contributed by atoms with Crippen molar-refractivity contribution in [3.8, 4) is 0 Å². The number of sulfonamides is 1. The zero-order chi connectivity index (χ0) is 30.2. The van der Waals surface area contributed by atoms with Gasteiger partial charge in [0.1, 0.15) is 12.6 Å². The van der Waals surface area contributed by atoms with Gasteiger partial charge in [-0.15, -0.1) is 0 Å². The maximum absolute atomic E-state index is 13.9. The number of hydrogen-bond donors (Lipinski definition) is 1. The van der Waals surface area contributed by atoms with Gasteiger partial charge in [0.05, 0.1) is 11.9 Å². The van der Waals surface area contributed by atoms with E-state index in [-0.39, 0.29) is 30.5 Å². The molecule has 0 unspecified atom stereocenters. The fraction of sp³-hybridized carbons (Fsp3) is 0.588. The Morgan fingerprint density at radius 2 is 1.57 bits per heavy atom. The zero-order valence-electron chi connectivity index (χ0n) is 25.8. The second-order valence-electron chi connectivity index (χ2n) is 13.5. The van der Waals surface area contributed by atoms with Crippen molar-refractivity contribution in [2.75, 3.05) is 17.1 Å². The molecule has 0 aliphatic heterocycles. The van der Waals surface area contributed by atoms with Gasteiger partial charge in [-0.2, -0.15) is 0 Å². The van der Waals surface area contributed by atoms with E-state index >= 15 is 0 Å². The van der Waals surface area contributed by atoms with Crippen molar-refractivity contribution in [3.05, 3.63) is 65.2 Å². The molecule has 4 aliphatic carbocycles. The highest BCUT2D eigenvalue weighted by Crippen LogP contribution is 2.60. The zero-order valence-corrected chi connectivity index (χ0v) is 26.6. The number of rotatable bonds is 11. The van der Waals surface area contributed by atoms with Crippen LogP contribution in [-0.2, 0) is 31.6 Å². The summed E-state index contributed by atoms with van der Waals surface area (Å²) >= 11 is 0. The molecule has 0 saturated heterocycles. The summed E-state index contributed by atoms with van der Waals surface area (Å²) < 4.78 is 27.3. The second-order valence-corrected chi connectivity index (χ2v) is 15.4. The van der Waals surface area contributed by atoms with Crippen LogP contribution in [0.2, 0.25) is 0 Å². The minimum atomic E-state index is -3.77. The lowest BCUT2D eigenvalue weighted by atomic mass is 9.48. The number of nitrogens with one attached hydrogen (secondary N) is 1. The van der Waals surface area contributed by atoms with Crippen molar-refractivity contribution in [2.45, 2.75) is 96.7 Å². The van der Waals surface area contributed by atoms with Crippen LogP contribution >= 0.6 is 0 Å². The number of carbonyl (C=O) groups is 2. The van der Waals surface area contributed by atoms with Gasteiger partial charge in [-0.05, 0) is 112 Å². The highest BCUT2D eigenvalue weighted by molar-refractivity contribution is 7.92. The molecular formula is C34H47N3O4S. The Hall–Kier alpha value is -2.87. The molecule has 0 spiro atoms. The van der Waals surface area contributed by atoms with E-state index in [2.05, 4.69) is 17.4 Å². The predicted molar refractivity (Wildman–Crippen MR) is 168 cm³/mol. The Morgan fingerprint density at radius 3 is 2.10 bits per heavy atom. The summed E-state index contributed by atoms with van der Waals surface area (Å²) in [6, 6.07) is 14.9. The summed E-state index contributed by atoms with van der Waals surface area (Å²) in [5.74, 6) is 1.79. The first-order valence-corrected chi connectivity index (χ1v) is 17.5. The van der Waals surface area contributed by atoms with Gasteiger partial charge >= 0.3 is 0 Å². The third-order valence-corrected chi connectivity index (χ3v) is 11.2. The normalized spacial score (nSPS) is 26.0. The Bertz CT molecular complexity index is 1370. The predicted octanol–water partition coefficient (Wildman–Crippen LogP) is 5.56. The first kappa shape index (κ1) is 30.6. The summed E-state index contributed by atoms with van der Waals surface area (Å²) in [6.07, 6.45) is 9.71. The quantitative estimate of drug-likeness (QED) is 0.370. The van der Waals surface area contributed by atoms with Gasteiger partial charge < -0.3 is 10.2 Å². The standard InChI is InChI=1S/C34H47N3O4S/c1-6-24(3)35-33(39)25(4)36(21-26-9-7-8-23(2)14-26)32(38)22-37(42(5,40)41)31-12-10-30(11-13-31)34-18-27-15-28(19-34)17-29(16-27)20-34/h7-14,24-25,27-29H,6,15-22H2,1-5H3,(H,35,39)/t24-,25+,27?,28?,29?,34?/m1/s1. The molecule has 2 aromatic rings. The van der Waals surface area contributed by atoms with Gasteiger partial charge in [0, 0.05) is 12.6 Å². The maximum atomic E-state index is 13.9. The lowest BCUT2D eigenvalue weighted by Crippen LogP contribution is -2.52. The van der Waals surface area contributed by atoms with E-state index in [0.29, 0.717) is 5.69 Å². The van der Waals surface area contributed by atoms with Gasteiger partial charge in [0.25, 0.3) is 0 Å². The van der Waals surface area contributed by atoms with Crippen molar-refractivity contribution >= 4 is 27.5 Å². The topological polar surface area (TPSA) is 86.8 Å². The van der Waals surface area contributed by atoms with E-state index in [1.807, 2.05) is 57.2 Å². The Balaban J connectivity index is 1.38. The third kappa shape index (κ3) is 6.53. The smallest absolute Gasteiger partial charge is 0.244 e. The van der Waals surface area contributed by atoms with Crippen LogP contribution in [0.3, 0.4) is 0 Å². The van der Waals surface area contributed by atoms with E-state index in [4.69, 9.17) is 0 Å². The first-order chi connectivity index (χ1) is 19.9. The van der Waals surface area contributed by atoms with Gasteiger partial charge in [-0.3, -0.25) is 13.9 Å². The van der Waals surface area contributed by atoms with Crippen LogP contribution in [0.4, 0.5) is 5.69 Å². The fourth-order valence-corrected chi connectivity index (χ4v) is 8.96. The van der Waals surface area contributed by atoms with Crippen LogP contribution in [0.1, 0.15) is 82.4 Å². The molecule has 7 nitrogen and oxygen atoms in total. The Kier molecular flexibility index (Phi) is 8.75. The van der Waals surface area contributed by atoms with Gasteiger partial charge in [0.15, 0.2) is 0 Å². The number of anilines is 1. The molecule has 2 amide bonds. The molecule has 42 heavy (non-hydrogen) atoms. The maximum Gasteiger partial charge on any atom is 0.244 e. The summed E-state index contributed by atoms with van der Waals surface area (Å²) in [5.41, 5.74) is 3.93. The number of hydrogen-bond acceptors (Lipinski definition) is 4. The van der Waals surface area contributed by atoms with Crippen molar-refractivity contribution in [3.63, 3.8) is 0 Å². The molecule has 228 valence electrons. The third-order valence-electron chi connectivity index (χ3n) is 10.1.